The van der Waals surface area contributed by atoms with E-state index in [1.807, 2.05) is 12.1 Å². The molecule has 3 aromatic rings. The number of anilines is 2. The molecule has 0 bridgehead atoms. The number of nitrogens with two attached hydrogens (primary N) is 2. The Balaban J connectivity index is 1.28. The van der Waals surface area contributed by atoms with Gasteiger partial charge in [-0.2, -0.15) is 0 Å². The number of carbonyl (C=O) groups excluding carboxylic acids is 1. The molecule has 1 heterocycles. The summed E-state index contributed by atoms with van der Waals surface area (Å²) in [6.07, 6.45) is -0.835. The summed E-state index contributed by atoms with van der Waals surface area (Å²) in [6, 6.07) is 17.4. The standard InChI is InChI=1S/C29H38FN7O9P2S/c30-26-11-23(9-10-25(26)20-5-1-19(2-6-20)14-33-15-22(13-31)36-32)37-17-24(46-28(37)38)16-34-27(49)35-21-7-3-18(4-8-21)12-29(39,47(40,41)42)48(43,44)45/h1-11,13,24,33,36,39-42,47H,12,14-17,31-32H2,(H2,34,35,49)(H2,43,44,45)/b22-13-/t24-,29?/m0/s1. The van der Waals surface area contributed by atoms with Crippen LogP contribution in [0.4, 0.5) is 20.6 Å². The summed E-state index contributed by atoms with van der Waals surface area (Å²) in [5, 5.41) is 15.9. The van der Waals surface area contributed by atoms with E-state index in [-0.39, 0.29) is 23.8 Å². The van der Waals surface area contributed by atoms with Crippen molar-refractivity contribution in [1.82, 2.24) is 16.1 Å². The molecule has 49 heavy (non-hydrogen) atoms. The van der Waals surface area contributed by atoms with Gasteiger partial charge in [-0.05, 0) is 29.3 Å². The number of cyclic esters (lactones) is 1. The van der Waals surface area contributed by atoms with Crippen LogP contribution in [0.1, 0.15) is 11.1 Å². The van der Waals surface area contributed by atoms with Gasteiger partial charge in [0.05, 0.1) is 11.4 Å². The Kier molecular flexibility index (Phi) is 12.3. The number of nitrogens with zero attached hydrogens (tertiary/aromatic N) is 1. The summed E-state index contributed by atoms with van der Waals surface area (Å²) in [4.78, 5) is 61.1. The molecule has 1 aliphatic heterocycles. The van der Waals surface area contributed by atoms with Crippen LogP contribution in [-0.2, 0) is 22.3 Å². The molecule has 0 aliphatic carbocycles. The number of nitrogens with one attached hydrogen (secondary N) is 4. The molecule has 4 rings (SSSR count). The quantitative estimate of drug-likeness (QED) is 0.0476. The van der Waals surface area contributed by atoms with Crippen molar-refractivity contribution in [2.75, 3.05) is 29.9 Å². The minimum atomic E-state index is -5.68. The van der Waals surface area contributed by atoms with Crippen molar-refractivity contribution < 1.29 is 48.1 Å². The van der Waals surface area contributed by atoms with E-state index in [0.717, 1.165) is 5.56 Å². The second-order valence-electron chi connectivity index (χ2n) is 11.1. The van der Waals surface area contributed by atoms with Crippen LogP contribution < -0.4 is 37.9 Å². The number of benzene rings is 3. The van der Waals surface area contributed by atoms with Crippen molar-refractivity contribution in [2.45, 2.75) is 24.2 Å². The number of carbonyl (C=O) groups is 1. The van der Waals surface area contributed by atoms with Gasteiger partial charge in [0.2, 0.25) is 0 Å². The van der Waals surface area contributed by atoms with E-state index >= 15 is 4.39 Å². The number of ether oxygens (including phenoxy) is 1. The van der Waals surface area contributed by atoms with Gasteiger partial charge in [0.1, 0.15) is 5.82 Å². The number of halogens is 1. The molecule has 1 aliphatic rings. The average molecular weight is 742 g/mol. The molecule has 20 heteroatoms. The van der Waals surface area contributed by atoms with E-state index in [0.29, 0.717) is 41.3 Å². The van der Waals surface area contributed by atoms with Gasteiger partial charge in [-0.3, -0.25) is 10.7 Å². The molecule has 266 valence electrons. The van der Waals surface area contributed by atoms with Crippen LogP contribution in [-0.4, -0.2) is 71.6 Å². The van der Waals surface area contributed by atoms with Gasteiger partial charge < -0.3 is 16.5 Å². The van der Waals surface area contributed by atoms with E-state index < -0.39 is 45.1 Å². The summed E-state index contributed by atoms with van der Waals surface area (Å²) >= 11 is 5.29. The Morgan fingerprint density at radius 3 is 2.33 bits per heavy atom. The molecule has 0 spiro atoms. The number of aliphatic hydroxyl groups is 1. The SMILES string of the molecule is N/C=C(/CNCc1ccc(-c2ccc(N3C[C@H](CNC(=S)Nc4ccc(CC(O)(P(=O)(O)O)[PH](O)(O)O)cc4)OC3=O)cc2F)cc1)NN. The Morgan fingerprint density at radius 1 is 1.10 bits per heavy atom. The number of amides is 1. The van der Waals surface area contributed by atoms with E-state index in [9.17, 15) is 38.9 Å². The monoisotopic (exact) mass is 741 g/mol. The molecule has 16 nitrogen and oxygen atoms in total. The molecule has 2 atom stereocenters. The maximum absolute atomic E-state index is 15.2. The molecule has 1 amide bonds. The van der Waals surface area contributed by atoms with Gasteiger partial charge in [-0.15, -0.1) is 0 Å². The van der Waals surface area contributed by atoms with Gasteiger partial charge >= 0.3 is 155 Å². The van der Waals surface area contributed by atoms with E-state index in [4.69, 9.17) is 28.5 Å². The molecule has 0 saturated carbocycles. The molecule has 3 aromatic carbocycles. The summed E-state index contributed by atoms with van der Waals surface area (Å²) < 4.78 is 32.3. The Bertz CT molecular complexity index is 1730. The minimum absolute atomic E-state index is 0.0880. The minimum Gasteiger partial charge on any atom is -0.325 e. The average Bonchev–Trinajstić information content (AvgIpc) is 3.42. The van der Waals surface area contributed by atoms with Crippen LogP contribution in [0.25, 0.3) is 11.1 Å². The smallest absolute Gasteiger partial charge is 0.325 e. The second-order valence-corrected chi connectivity index (χ2v) is 15.9. The van der Waals surface area contributed by atoms with Crippen LogP contribution in [0.3, 0.4) is 0 Å². The zero-order valence-corrected chi connectivity index (χ0v) is 28.5. The topological polar surface area (TPSA) is 268 Å². The predicted octanol–water partition coefficient (Wildman–Crippen LogP) is 0.996. The number of rotatable bonds is 14. The van der Waals surface area contributed by atoms with Crippen LogP contribution in [0, 0.1) is 5.82 Å². The van der Waals surface area contributed by atoms with Crippen molar-refractivity contribution >= 4 is 50.3 Å². The van der Waals surface area contributed by atoms with Crippen molar-refractivity contribution in [3.8, 4) is 11.1 Å². The molecule has 1 unspecified atom stereocenters. The summed E-state index contributed by atoms with van der Waals surface area (Å²) in [5.41, 5.74) is 11.4. The van der Waals surface area contributed by atoms with Crippen LogP contribution in [0.5, 0.6) is 0 Å². The van der Waals surface area contributed by atoms with Gasteiger partial charge in [0, 0.05) is 24.9 Å². The Morgan fingerprint density at radius 2 is 1.76 bits per heavy atom. The molecular weight excluding hydrogens is 703 g/mol. The fourth-order valence-corrected chi connectivity index (χ4v) is 7.43. The zero-order chi connectivity index (χ0) is 36.0. The molecule has 0 aromatic heterocycles. The van der Waals surface area contributed by atoms with Gasteiger partial charge in [0.15, 0.2) is 0 Å². The number of hydrogen-bond acceptors (Lipinski definition) is 12. The third kappa shape index (κ3) is 9.48. The van der Waals surface area contributed by atoms with Crippen molar-refractivity contribution in [1.29, 1.82) is 0 Å². The van der Waals surface area contributed by atoms with Crippen molar-refractivity contribution in [2.24, 2.45) is 11.6 Å². The third-order valence-electron chi connectivity index (χ3n) is 7.61. The summed E-state index contributed by atoms with van der Waals surface area (Å²) in [6.45, 7) is 1.24. The van der Waals surface area contributed by atoms with E-state index in [2.05, 4.69) is 21.4 Å². The number of hydrazine groups is 1. The normalized spacial score (nSPS) is 16.9. The van der Waals surface area contributed by atoms with Crippen molar-refractivity contribution in [3.63, 3.8) is 0 Å². The van der Waals surface area contributed by atoms with E-state index in [1.165, 1.54) is 41.4 Å². The summed E-state index contributed by atoms with van der Waals surface area (Å²) in [5.74, 6) is 4.84. The molecule has 14 N–H and O–H groups in total. The molecular formula is C29H38FN7O9P2S. The molecule has 0 radical (unpaired) electrons. The second kappa shape index (κ2) is 15.8. The van der Waals surface area contributed by atoms with Crippen LogP contribution in [0.2, 0.25) is 0 Å². The predicted molar refractivity (Wildman–Crippen MR) is 187 cm³/mol. The van der Waals surface area contributed by atoms with Gasteiger partial charge in [0.25, 0.3) is 0 Å². The first-order valence-corrected chi connectivity index (χ1v) is 18.4. The van der Waals surface area contributed by atoms with Crippen LogP contribution >= 0.6 is 27.8 Å². The molecule has 1 fully saturated rings. The summed E-state index contributed by atoms with van der Waals surface area (Å²) in [7, 11) is -11.2. The zero-order valence-electron chi connectivity index (χ0n) is 25.8. The van der Waals surface area contributed by atoms with Gasteiger partial charge in [-0.25, -0.2) is 9.18 Å². The Hall–Kier alpha value is -3.77. The fraction of sp³-hybridized carbons (Fsp3) is 0.241. The fourth-order valence-electron chi connectivity index (χ4n) is 4.84. The maximum atomic E-state index is 15.2. The van der Waals surface area contributed by atoms with E-state index in [1.54, 1.807) is 24.3 Å². The van der Waals surface area contributed by atoms with Crippen molar-refractivity contribution in [3.05, 3.63) is 95.6 Å². The first-order chi connectivity index (χ1) is 23.0. The Labute approximate surface area is 286 Å². The number of hydrogen-bond donors (Lipinski definition) is 12. The van der Waals surface area contributed by atoms with Gasteiger partial charge in [-0.1, -0.05) is 24.3 Å². The number of thiocarbonyl (C=S) groups is 1. The first-order valence-electron chi connectivity index (χ1n) is 14.6. The first kappa shape index (κ1) is 38.0. The molecule has 1 saturated heterocycles. The van der Waals surface area contributed by atoms with Crippen LogP contribution in [0.15, 0.2) is 78.6 Å². The third-order valence-corrected chi connectivity index (χ3v) is 12.0.